The van der Waals surface area contributed by atoms with Gasteiger partial charge in [0.05, 0.1) is 12.4 Å². The van der Waals surface area contributed by atoms with E-state index in [0.29, 0.717) is 24.0 Å². The third kappa shape index (κ3) is 4.42. The van der Waals surface area contributed by atoms with Crippen LogP contribution in [0.4, 0.5) is 0 Å². The highest BCUT2D eigenvalue weighted by molar-refractivity contribution is 6.74. The summed E-state index contributed by atoms with van der Waals surface area (Å²) in [5.74, 6) is 0.988. The van der Waals surface area contributed by atoms with Gasteiger partial charge in [-0.05, 0) is 61.1 Å². The van der Waals surface area contributed by atoms with Gasteiger partial charge >= 0.3 is 0 Å². The molecule has 3 nitrogen and oxygen atoms in total. The lowest BCUT2D eigenvalue weighted by Crippen LogP contribution is -2.45. The van der Waals surface area contributed by atoms with Crippen molar-refractivity contribution in [3.8, 4) is 0 Å². The number of hydrogen-bond acceptors (Lipinski definition) is 3. The summed E-state index contributed by atoms with van der Waals surface area (Å²) < 4.78 is 12.7. The molecule has 4 atom stereocenters. The van der Waals surface area contributed by atoms with Crippen molar-refractivity contribution >= 4 is 16.6 Å². The number of fused-ring (bicyclic) bond motifs is 1. The monoisotopic (exact) mass is 384 g/mol. The quantitative estimate of drug-likeness (QED) is 0.598. The van der Waals surface area contributed by atoms with Crippen LogP contribution in [0.5, 0.6) is 0 Å². The molecule has 0 spiro atoms. The molecule has 5 heteroatoms. The summed E-state index contributed by atoms with van der Waals surface area (Å²) in [6.45, 7) is 20.2. The number of ether oxygens (including phenoxy) is 1. The first-order valence-electron chi connectivity index (χ1n) is 9.88. The number of hydrogen-bond donors (Lipinski definition) is 1. The molecular weight excluding hydrogens is 344 g/mol. The van der Waals surface area contributed by atoms with Crippen molar-refractivity contribution < 1.29 is 14.0 Å². The molecule has 0 unspecified atom stereocenters. The predicted octanol–water partition coefficient (Wildman–Crippen LogP) is 5.68. The summed E-state index contributed by atoms with van der Waals surface area (Å²) >= 11 is 0. The van der Waals surface area contributed by atoms with Crippen LogP contribution >= 0.6 is 0 Å². The van der Waals surface area contributed by atoms with Gasteiger partial charge < -0.3 is 14.0 Å². The Kier molecular flexibility index (Phi) is 5.77. The molecular formula is C20H40O3Si2. The van der Waals surface area contributed by atoms with E-state index in [1.54, 1.807) is 0 Å². The van der Waals surface area contributed by atoms with E-state index >= 15 is 0 Å². The summed E-state index contributed by atoms with van der Waals surface area (Å²) in [4.78, 5) is 10.6. The lowest BCUT2D eigenvalue weighted by Gasteiger charge is -2.41. The standard InChI is InChI=1S/C20H40O3Si2/c1-19(2,3)25(8,9)23-18-14-17-16(11-13-22-17)15(18)10-12-20(4,5)24(6,7)21/h11,13,15-18,21H,10,12,14H2,1-9H3/t15-,16-,17+,18-/m1/s1. The van der Waals surface area contributed by atoms with Crippen molar-refractivity contribution in [2.75, 3.05) is 0 Å². The maximum atomic E-state index is 10.6. The number of rotatable bonds is 6. The van der Waals surface area contributed by atoms with E-state index in [4.69, 9.17) is 9.16 Å². The predicted molar refractivity (Wildman–Crippen MR) is 111 cm³/mol. The van der Waals surface area contributed by atoms with Gasteiger partial charge in [0.15, 0.2) is 16.6 Å². The Hall–Kier alpha value is -0.106. The molecule has 2 rings (SSSR count). The van der Waals surface area contributed by atoms with E-state index in [1.165, 1.54) is 0 Å². The van der Waals surface area contributed by atoms with Crippen molar-refractivity contribution in [3.05, 3.63) is 12.3 Å². The molecule has 1 saturated carbocycles. The highest BCUT2D eigenvalue weighted by atomic mass is 28.4. The third-order valence-corrected chi connectivity index (χ3v) is 15.5. The molecule has 25 heavy (non-hydrogen) atoms. The SMILES string of the molecule is CC(C)(CC[C@@H]1[C@H]2C=CO[C@H]2C[C@H]1O[Si](C)(C)C(C)(C)C)[Si](C)(C)O. The van der Waals surface area contributed by atoms with E-state index in [9.17, 15) is 4.80 Å². The molecule has 146 valence electrons. The summed E-state index contributed by atoms with van der Waals surface area (Å²) in [5, 5.41) is 0.251. The van der Waals surface area contributed by atoms with E-state index in [2.05, 4.69) is 66.9 Å². The second kappa shape index (κ2) is 6.81. The highest BCUT2D eigenvalue weighted by Gasteiger charge is 2.50. The smallest absolute Gasteiger partial charge is 0.192 e. The second-order valence-corrected chi connectivity index (χ2v) is 20.1. The van der Waals surface area contributed by atoms with Gasteiger partial charge in [-0.2, -0.15) is 0 Å². The Labute approximate surface area is 157 Å². The molecule has 2 aliphatic rings. The first kappa shape index (κ1) is 21.2. The van der Waals surface area contributed by atoms with Crippen LogP contribution in [0.2, 0.25) is 36.3 Å². The molecule has 1 N–H and O–H groups in total. The normalized spacial score (nSPS) is 30.5. The van der Waals surface area contributed by atoms with Crippen LogP contribution in [0.25, 0.3) is 0 Å². The van der Waals surface area contributed by atoms with E-state index in [1.807, 2.05) is 6.26 Å². The first-order valence-corrected chi connectivity index (χ1v) is 15.7. The summed E-state index contributed by atoms with van der Waals surface area (Å²) in [7, 11) is -3.96. The summed E-state index contributed by atoms with van der Waals surface area (Å²) in [6, 6.07) is 0. The summed E-state index contributed by atoms with van der Waals surface area (Å²) in [6.07, 6.45) is 7.90. The van der Waals surface area contributed by atoms with Gasteiger partial charge in [0.1, 0.15) is 6.10 Å². The van der Waals surface area contributed by atoms with Crippen LogP contribution in [-0.2, 0) is 9.16 Å². The van der Waals surface area contributed by atoms with Crippen molar-refractivity contribution in [2.45, 2.75) is 102 Å². The molecule has 0 bridgehead atoms. The average molecular weight is 385 g/mol. The van der Waals surface area contributed by atoms with Crippen LogP contribution in [0.3, 0.4) is 0 Å². The lowest BCUT2D eigenvalue weighted by molar-refractivity contribution is 0.116. The topological polar surface area (TPSA) is 38.7 Å². The molecule has 1 aliphatic heterocycles. The zero-order valence-corrected chi connectivity index (χ0v) is 19.8. The van der Waals surface area contributed by atoms with Crippen molar-refractivity contribution in [3.63, 3.8) is 0 Å². The van der Waals surface area contributed by atoms with Crippen molar-refractivity contribution in [1.82, 2.24) is 0 Å². The fourth-order valence-corrected chi connectivity index (χ4v) is 5.77. The molecule has 1 aliphatic carbocycles. The highest BCUT2D eigenvalue weighted by Crippen LogP contribution is 2.49. The van der Waals surface area contributed by atoms with Gasteiger partial charge in [0.2, 0.25) is 0 Å². The van der Waals surface area contributed by atoms with Gasteiger partial charge in [0, 0.05) is 12.3 Å². The molecule has 0 aromatic heterocycles. The Morgan fingerprint density at radius 2 is 1.72 bits per heavy atom. The van der Waals surface area contributed by atoms with E-state index in [-0.39, 0.29) is 10.1 Å². The largest absolute Gasteiger partial charge is 0.498 e. The van der Waals surface area contributed by atoms with Gasteiger partial charge in [-0.3, -0.25) is 0 Å². The first-order chi connectivity index (χ1) is 11.2. The fourth-order valence-electron chi connectivity index (χ4n) is 3.64. The molecule has 0 aromatic carbocycles. The Morgan fingerprint density at radius 3 is 2.24 bits per heavy atom. The molecule has 0 saturated heterocycles. The fraction of sp³-hybridized carbons (Fsp3) is 0.900. The zero-order valence-electron chi connectivity index (χ0n) is 17.8. The molecule has 1 heterocycles. The molecule has 0 radical (unpaired) electrons. The van der Waals surface area contributed by atoms with Crippen LogP contribution in [0, 0.1) is 11.8 Å². The molecule has 1 fully saturated rings. The Morgan fingerprint density at radius 1 is 1.12 bits per heavy atom. The molecule has 0 amide bonds. The average Bonchev–Trinajstić information content (AvgIpc) is 2.94. The minimum Gasteiger partial charge on any atom is -0.498 e. The molecule has 0 aromatic rings. The zero-order chi connectivity index (χ0) is 19.3. The van der Waals surface area contributed by atoms with Crippen LogP contribution in [0.15, 0.2) is 12.3 Å². The minimum atomic E-state index is -2.17. The summed E-state index contributed by atoms with van der Waals surface area (Å²) in [5.41, 5.74) is 0. The Bertz CT molecular complexity index is 500. The van der Waals surface area contributed by atoms with Gasteiger partial charge in [-0.1, -0.05) is 34.6 Å². The van der Waals surface area contributed by atoms with E-state index < -0.39 is 16.6 Å². The third-order valence-electron chi connectivity index (χ3n) is 7.43. The lowest BCUT2D eigenvalue weighted by atomic mass is 9.87. The maximum absolute atomic E-state index is 10.6. The van der Waals surface area contributed by atoms with Crippen LogP contribution in [0.1, 0.15) is 53.9 Å². The second-order valence-electron chi connectivity index (χ2n) is 10.9. The van der Waals surface area contributed by atoms with Gasteiger partial charge in [-0.15, -0.1) is 0 Å². The Balaban J connectivity index is 2.13. The van der Waals surface area contributed by atoms with Gasteiger partial charge in [0.25, 0.3) is 0 Å². The van der Waals surface area contributed by atoms with Gasteiger partial charge in [-0.25, -0.2) is 0 Å². The minimum absolute atomic E-state index is 0.0236. The van der Waals surface area contributed by atoms with E-state index in [0.717, 1.165) is 19.3 Å². The van der Waals surface area contributed by atoms with Crippen molar-refractivity contribution in [2.24, 2.45) is 11.8 Å². The van der Waals surface area contributed by atoms with Crippen molar-refractivity contribution in [1.29, 1.82) is 0 Å². The maximum Gasteiger partial charge on any atom is 0.192 e. The van der Waals surface area contributed by atoms with Crippen LogP contribution in [-0.4, -0.2) is 33.6 Å². The van der Waals surface area contributed by atoms with Crippen LogP contribution < -0.4 is 0 Å².